The molecule has 3 aromatic carbocycles. The predicted octanol–water partition coefficient (Wildman–Crippen LogP) is 5.44. The molecule has 3 atom stereocenters. The SMILES string of the molecule is CC(C)(C)[Si](OC[C@@]1(C#N)[C@H](c2ccc(Br)cc2)[C@@H]2CNCCCCN21)(c1ccccc1)c1ccccc1. The molecule has 38 heavy (non-hydrogen) atoms. The van der Waals surface area contributed by atoms with Crippen molar-refractivity contribution in [2.24, 2.45) is 0 Å². The summed E-state index contributed by atoms with van der Waals surface area (Å²) in [5.74, 6) is 0.0735. The Kier molecular flexibility index (Phi) is 7.96. The normalized spacial score (nSPS) is 24.4. The van der Waals surface area contributed by atoms with E-state index in [1.54, 1.807) is 0 Å². The van der Waals surface area contributed by atoms with Crippen LogP contribution in [0.1, 0.15) is 45.1 Å². The standard InChI is InChI=1S/C32H38BrN3OSi/c1-31(2,3)38(27-12-6-4-7-13-27,28-14-8-5-9-15-28)37-24-32(23-34)30(25-16-18-26(33)19-17-25)29-22-35-20-10-11-21-36(29)32/h4-9,12-19,29-30,35H,10-11,20-22,24H2,1-3H3/t29-,30+,32-/m0/s1. The Hall–Kier alpha value is -2.27. The number of rotatable bonds is 6. The second kappa shape index (κ2) is 11.1. The molecule has 0 aliphatic carbocycles. The fourth-order valence-corrected chi connectivity index (χ4v) is 11.6. The van der Waals surface area contributed by atoms with Gasteiger partial charge in [-0.15, -0.1) is 0 Å². The molecule has 0 aromatic heterocycles. The van der Waals surface area contributed by atoms with Gasteiger partial charge in [-0.3, -0.25) is 4.90 Å². The Morgan fingerprint density at radius 3 is 2.13 bits per heavy atom. The average Bonchev–Trinajstić information content (AvgIpc) is 2.90. The van der Waals surface area contributed by atoms with Gasteiger partial charge in [0.15, 0.2) is 0 Å². The van der Waals surface area contributed by atoms with Gasteiger partial charge in [-0.1, -0.05) is 109 Å². The second-order valence-corrected chi connectivity index (χ2v) is 16.9. The van der Waals surface area contributed by atoms with E-state index in [-0.39, 0.29) is 17.0 Å². The lowest BCUT2D eigenvalue weighted by atomic mass is 9.65. The van der Waals surface area contributed by atoms with Crippen molar-refractivity contribution < 1.29 is 4.43 Å². The van der Waals surface area contributed by atoms with Gasteiger partial charge in [0.2, 0.25) is 0 Å². The topological polar surface area (TPSA) is 48.3 Å². The first-order valence-electron chi connectivity index (χ1n) is 13.7. The van der Waals surface area contributed by atoms with E-state index >= 15 is 0 Å². The molecule has 2 heterocycles. The second-order valence-electron chi connectivity index (χ2n) is 11.7. The molecule has 6 heteroatoms. The van der Waals surface area contributed by atoms with Crippen LogP contribution in [0, 0.1) is 11.3 Å². The van der Waals surface area contributed by atoms with Gasteiger partial charge in [-0.25, -0.2) is 0 Å². The molecule has 0 saturated carbocycles. The van der Waals surface area contributed by atoms with Gasteiger partial charge in [-0.2, -0.15) is 5.26 Å². The van der Waals surface area contributed by atoms with Crippen LogP contribution >= 0.6 is 15.9 Å². The van der Waals surface area contributed by atoms with Gasteiger partial charge >= 0.3 is 0 Å². The van der Waals surface area contributed by atoms with Crippen molar-refractivity contribution in [2.45, 2.75) is 56.1 Å². The van der Waals surface area contributed by atoms with Crippen LogP contribution in [0.3, 0.4) is 0 Å². The smallest absolute Gasteiger partial charge is 0.261 e. The summed E-state index contributed by atoms with van der Waals surface area (Å²) in [4.78, 5) is 2.45. The van der Waals surface area contributed by atoms with Gasteiger partial charge in [0, 0.05) is 29.5 Å². The summed E-state index contributed by atoms with van der Waals surface area (Å²) >= 11 is 3.60. The largest absolute Gasteiger partial charge is 0.404 e. The molecule has 2 aliphatic rings. The van der Waals surface area contributed by atoms with Crippen LogP contribution in [0.25, 0.3) is 0 Å². The lowest BCUT2D eigenvalue weighted by Gasteiger charge is -2.62. The van der Waals surface area contributed by atoms with Crippen molar-refractivity contribution in [3.63, 3.8) is 0 Å². The summed E-state index contributed by atoms with van der Waals surface area (Å²) < 4.78 is 8.46. The van der Waals surface area contributed by atoms with Gasteiger partial charge in [-0.05, 0) is 52.5 Å². The molecule has 2 saturated heterocycles. The van der Waals surface area contributed by atoms with Crippen molar-refractivity contribution in [1.82, 2.24) is 10.2 Å². The number of nitriles is 1. The summed E-state index contributed by atoms with van der Waals surface area (Å²) in [5.41, 5.74) is 0.495. The Balaban J connectivity index is 1.61. The fraction of sp³-hybridized carbons (Fsp3) is 0.406. The number of nitrogens with one attached hydrogen (secondary N) is 1. The molecular formula is C32H38BrN3OSi. The number of nitrogens with zero attached hydrogens (tertiary/aromatic N) is 2. The molecule has 3 aromatic rings. The minimum absolute atomic E-state index is 0.0735. The van der Waals surface area contributed by atoms with Crippen molar-refractivity contribution >= 4 is 34.6 Å². The molecule has 2 aliphatic heterocycles. The maximum Gasteiger partial charge on any atom is 0.261 e. The third kappa shape index (κ3) is 4.69. The summed E-state index contributed by atoms with van der Waals surface area (Å²) in [7, 11) is -2.78. The van der Waals surface area contributed by atoms with Crippen molar-refractivity contribution in [1.29, 1.82) is 5.26 Å². The third-order valence-corrected chi connectivity index (χ3v) is 14.0. The molecule has 0 unspecified atom stereocenters. The highest BCUT2D eigenvalue weighted by Gasteiger charge is 2.63. The molecule has 4 nitrogen and oxygen atoms in total. The molecule has 5 rings (SSSR count). The van der Waals surface area contributed by atoms with Crippen molar-refractivity contribution in [2.75, 3.05) is 26.2 Å². The maximum absolute atomic E-state index is 11.0. The van der Waals surface area contributed by atoms with E-state index in [1.807, 2.05) is 0 Å². The van der Waals surface area contributed by atoms with Crippen LogP contribution in [0.4, 0.5) is 0 Å². The highest BCUT2D eigenvalue weighted by molar-refractivity contribution is 9.10. The number of halogens is 1. The Morgan fingerprint density at radius 2 is 1.58 bits per heavy atom. The quantitative estimate of drug-likeness (QED) is 0.390. The van der Waals surface area contributed by atoms with Crippen LogP contribution in [-0.4, -0.2) is 51.0 Å². The van der Waals surface area contributed by atoms with Crippen LogP contribution in [0.2, 0.25) is 5.04 Å². The van der Waals surface area contributed by atoms with E-state index in [2.05, 4.69) is 138 Å². The first kappa shape index (κ1) is 27.3. The predicted molar refractivity (Wildman–Crippen MR) is 161 cm³/mol. The zero-order valence-corrected chi connectivity index (χ0v) is 25.2. The molecule has 0 amide bonds. The van der Waals surface area contributed by atoms with Crippen LogP contribution in [0.15, 0.2) is 89.4 Å². The van der Waals surface area contributed by atoms with E-state index in [0.717, 1.165) is 36.9 Å². The summed E-state index contributed by atoms with van der Waals surface area (Å²) in [6, 6.07) is 33.1. The van der Waals surface area contributed by atoms with Gasteiger partial charge in [0.1, 0.15) is 5.54 Å². The Morgan fingerprint density at radius 1 is 0.974 bits per heavy atom. The summed E-state index contributed by atoms with van der Waals surface area (Å²) in [5, 5.41) is 17.0. The van der Waals surface area contributed by atoms with Gasteiger partial charge < -0.3 is 9.74 Å². The highest BCUT2D eigenvalue weighted by Crippen LogP contribution is 2.50. The fourth-order valence-electron chi connectivity index (χ4n) is 6.75. The molecule has 0 spiro atoms. The Labute approximate surface area is 237 Å². The number of fused-ring (bicyclic) bond motifs is 1. The first-order valence-corrected chi connectivity index (χ1v) is 16.4. The van der Waals surface area contributed by atoms with E-state index in [4.69, 9.17) is 4.43 Å². The monoisotopic (exact) mass is 587 g/mol. The summed E-state index contributed by atoms with van der Waals surface area (Å²) in [6.45, 7) is 10.1. The zero-order valence-electron chi connectivity index (χ0n) is 22.7. The molecular weight excluding hydrogens is 550 g/mol. The highest BCUT2D eigenvalue weighted by atomic mass is 79.9. The minimum atomic E-state index is -2.78. The molecule has 198 valence electrons. The van der Waals surface area contributed by atoms with Gasteiger partial charge in [0.25, 0.3) is 8.32 Å². The van der Waals surface area contributed by atoms with Gasteiger partial charge in [0.05, 0.1) is 12.7 Å². The third-order valence-electron chi connectivity index (χ3n) is 8.52. The van der Waals surface area contributed by atoms with Crippen LogP contribution < -0.4 is 15.7 Å². The van der Waals surface area contributed by atoms with E-state index in [1.165, 1.54) is 15.9 Å². The molecule has 0 radical (unpaired) electrons. The number of hydrogen-bond donors (Lipinski definition) is 1. The van der Waals surface area contributed by atoms with E-state index in [0.29, 0.717) is 6.61 Å². The summed E-state index contributed by atoms with van der Waals surface area (Å²) in [6.07, 6.45) is 2.21. The zero-order chi connectivity index (χ0) is 26.8. The van der Waals surface area contributed by atoms with E-state index < -0.39 is 13.9 Å². The Bertz CT molecular complexity index is 1220. The lowest BCUT2D eigenvalue weighted by Crippen LogP contribution is -2.77. The molecule has 2 fully saturated rings. The maximum atomic E-state index is 11.0. The molecule has 1 N–H and O–H groups in total. The number of hydrogen-bond acceptors (Lipinski definition) is 4. The first-order chi connectivity index (χ1) is 18.3. The van der Waals surface area contributed by atoms with Crippen molar-refractivity contribution in [3.05, 3.63) is 95.0 Å². The molecule has 0 bridgehead atoms. The lowest BCUT2D eigenvalue weighted by molar-refractivity contribution is -0.0904. The number of benzene rings is 3. The van der Waals surface area contributed by atoms with Crippen LogP contribution in [-0.2, 0) is 4.43 Å². The minimum Gasteiger partial charge on any atom is -0.404 e. The van der Waals surface area contributed by atoms with Crippen LogP contribution in [0.5, 0.6) is 0 Å². The average molecular weight is 589 g/mol. The van der Waals surface area contributed by atoms with E-state index in [9.17, 15) is 5.26 Å². The van der Waals surface area contributed by atoms with Crippen molar-refractivity contribution in [3.8, 4) is 6.07 Å².